The van der Waals surface area contributed by atoms with Crippen molar-refractivity contribution in [3.8, 4) is 0 Å². The first-order chi connectivity index (χ1) is 9.49. The van der Waals surface area contributed by atoms with Crippen molar-refractivity contribution in [1.82, 2.24) is 9.88 Å². The molecule has 3 nitrogen and oxygen atoms in total. The lowest BCUT2D eigenvalue weighted by molar-refractivity contribution is 0.0784. The van der Waals surface area contributed by atoms with Gasteiger partial charge in [0.1, 0.15) is 0 Å². The molecule has 0 radical (unpaired) electrons. The number of pyridine rings is 1. The van der Waals surface area contributed by atoms with E-state index in [0.29, 0.717) is 10.0 Å². The molecule has 0 aliphatic heterocycles. The SMILES string of the molecule is CN(Cc1cccc(Cl)c1Cl)C(=O)c1ccnc(F)c1. The van der Waals surface area contributed by atoms with Crippen molar-refractivity contribution in [2.45, 2.75) is 6.54 Å². The lowest BCUT2D eigenvalue weighted by atomic mass is 10.2. The molecule has 0 atom stereocenters. The highest BCUT2D eigenvalue weighted by Crippen LogP contribution is 2.26. The molecule has 1 aromatic heterocycles. The maximum Gasteiger partial charge on any atom is 0.254 e. The van der Waals surface area contributed by atoms with Crippen molar-refractivity contribution < 1.29 is 9.18 Å². The predicted octanol–water partition coefficient (Wildman–Crippen LogP) is 3.80. The van der Waals surface area contributed by atoms with Gasteiger partial charge in [0, 0.05) is 31.4 Å². The van der Waals surface area contributed by atoms with Crippen LogP contribution in [0.15, 0.2) is 36.5 Å². The van der Waals surface area contributed by atoms with E-state index in [1.807, 2.05) is 0 Å². The number of rotatable bonds is 3. The van der Waals surface area contributed by atoms with E-state index in [1.165, 1.54) is 17.2 Å². The van der Waals surface area contributed by atoms with Gasteiger partial charge in [0.25, 0.3) is 5.91 Å². The number of amides is 1. The predicted molar refractivity (Wildman–Crippen MR) is 76.5 cm³/mol. The molecule has 2 rings (SSSR count). The number of halogens is 3. The molecule has 0 fully saturated rings. The van der Waals surface area contributed by atoms with Crippen LogP contribution in [0.5, 0.6) is 0 Å². The topological polar surface area (TPSA) is 33.2 Å². The summed E-state index contributed by atoms with van der Waals surface area (Å²) in [5.41, 5.74) is 0.961. The first kappa shape index (κ1) is 14.8. The number of hydrogen-bond acceptors (Lipinski definition) is 2. The summed E-state index contributed by atoms with van der Waals surface area (Å²) in [7, 11) is 1.61. The van der Waals surface area contributed by atoms with E-state index in [9.17, 15) is 9.18 Å². The van der Waals surface area contributed by atoms with Gasteiger partial charge in [0.2, 0.25) is 5.95 Å². The molecule has 0 N–H and O–H groups in total. The number of carbonyl (C=O) groups is 1. The van der Waals surface area contributed by atoms with E-state index in [4.69, 9.17) is 23.2 Å². The molecule has 2 aromatic rings. The minimum atomic E-state index is -0.690. The lowest BCUT2D eigenvalue weighted by Crippen LogP contribution is -2.26. The van der Waals surface area contributed by atoms with E-state index in [2.05, 4.69) is 4.98 Å². The molecule has 1 aromatic carbocycles. The second-order valence-corrected chi connectivity index (χ2v) is 5.03. The first-order valence-corrected chi connectivity index (χ1v) is 6.54. The minimum Gasteiger partial charge on any atom is -0.337 e. The number of carbonyl (C=O) groups excluding carboxylic acids is 1. The Kier molecular flexibility index (Phi) is 4.57. The van der Waals surface area contributed by atoms with Gasteiger partial charge in [-0.25, -0.2) is 4.98 Å². The summed E-state index contributed by atoms with van der Waals surface area (Å²) >= 11 is 12.0. The molecule has 20 heavy (non-hydrogen) atoms. The Morgan fingerprint density at radius 3 is 2.80 bits per heavy atom. The Morgan fingerprint density at radius 2 is 2.10 bits per heavy atom. The minimum absolute atomic E-state index is 0.234. The van der Waals surface area contributed by atoms with Gasteiger partial charge in [-0.05, 0) is 17.7 Å². The monoisotopic (exact) mass is 312 g/mol. The second-order valence-electron chi connectivity index (χ2n) is 4.24. The van der Waals surface area contributed by atoms with Crippen molar-refractivity contribution in [2.75, 3.05) is 7.05 Å². The molecule has 0 spiro atoms. The van der Waals surface area contributed by atoms with Crippen LogP contribution in [0.25, 0.3) is 0 Å². The first-order valence-electron chi connectivity index (χ1n) is 5.79. The number of benzene rings is 1. The Hall–Kier alpha value is -1.65. The molecule has 1 heterocycles. The zero-order valence-electron chi connectivity index (χ0n) is 10.6. The third-order valence-corrected chi connectivity index (χ3v) is 3.62. The van der Waals surface area contributed by atoms with Crippen LogP contribution in [-0.2, 0) is 6.54 Å². The van der Waals surface area contributed by atoms with Crippen LogP contribution in [-0.4, -0.2) is 22.8 Å². The van der Waals surface area contributed by atoms with Gasteiger partial charge in [-0.15, -0.1) is 0 Å². The van der Waals surface area contributed by atoms with E-state index in [-0.39, 0.29) is 18.0 Å². The highest BCUT2D eigenvalue weighted by atomic mass is 35.5. The highest BCUT2D eigenvalue weighted by Gasteiger charge is 2.15. The molecule has 0 saturated heterocycles. The smallest absolute Gasteiger partial charge is 0.254 e. The summed E-state index contributed by atoms with van der Waals surface area (Å²) in [5.74, 6) is -1.01. The van der Waals surface area contributed by atoms with Gasteiger partial charge in [0.05, 0.1) is 10.0 Å². The van der Waals surface area contributed by atoms with Crippen LogP contribution in [0, 0.1) is 5.95 Å². The quantitative estimate of drug-likeness (QED) is 0.808. The van der Waals surface area contributed by atoms with Crippen LogP contribution in [0.1, 0.15) is 15.9 Å². The molecule has 0 unspecified atom stereocenters. The maximum atomic E-state index is 13.0. The van der Waals surface area contributed by atoms with Gasteiger partial charge in [-0.1, -0.05) is 35.3 Å². The maximum absolute atomic E-state index is 13.0. The number of hydrogen-bond donors (Lipinski definition) is 0. The molecular weight excluding hydrogens is 302 g/mol. The largest absolute Gasteiger partial charge is 0.337 e. The van der Waals surface area contributed by atoms with Crippen molar-refractivity contribution in [2.24, 2.45) is 0 Å². The molecule has 0 aliphatic carbocycles. The number of nitrogens with zero attached hydrogens (tertiary/aromatic N) is 2. The van der Waals surface area contributed by atoms with Crippen molar-refractivity contribution in [3.63, 3.8) is 0 Å². The molecule has 6 heteroatoms. The van der Waals surface area contributed by atoms with E-state index >= 15 is 0 Å². The molecule has 104 valence electrons. The molecule has 0 bridgehead atoms. The van der Waals surface area contributed by atoms with Gasteiger partial charge in [-0.3, -0.25) is 4.79 Å². The molecule has 1 amide bonds. The van der Waals surface area contributed by atoms with Crippen molar-refractivity contribution >= 4 is 29.1 Å². The van der Waals surface area contributed by atoms with E-state index in [1.54, 1.807) is 25.2 Å². The lowest BCUT2D eigenvalue weighted by Gasteiger charge is -2.18. The standard InChI is InChI=1S/C14H11Cl2FN2O/c1-19(8-10-3-2-4-11(15)13(10)16)14(20)9-5-6-18-12(17)7-9/h2-7H,8H2,1H3. The zero-order chi connectivity index (χ0) is 14.7. The molecule has 0 aliphatic rings. The van der Waals surface area contributed by atoms with Crippen molar-refractivity contribution in [1.29, 1.82) is 0 Å². The summed E-state index contributed by atoms with van der Waals surface area (Å²) in [6.45, 7) is 0.280. The van der Waals surface area contributed by atoms with Crippen LogP contribution < -0.4 is 0 Å². The summed E-state index contributed by atoms with van der Waals surface area (Å²) in [5, 5.41) is 0.842. The average Bonchev–Trinajstić information content (AvgIpc) is 2.43. The molecule has 0 saturated carbocycles. The Balaban J connectivity index is 2.18. The second kappa shape index (κ2) is 6.20. The van der Waals surface area contributed by atoms with Gasteiger partial charge in [-0.2, -0.15) is 4.39 Å². The van der Waals surface area contributed by atoms with Gasteiger partial charge in [0.15, 0.2) is 0 Å². The highest BCUT2D eigenvalue weighted by molar-refractivity contribution is 6.42. The van der Waals surface area contributed by atoms with E-state index < -0.39 is 5.95 Å². The van der Waals surface area contributed by atoms with Crippen molar-refractivity contribution in [3.05, 3.63) is 63.6 Å². The summed E-state index contributed by atoms with van der Waals surface area (Å²) in [6, 6.07) is 7.77. The zero-order valence-corrected chi connectivity index (χ0v) is 12.1. The summed E-state index contributed by atoms with van der Waals surface area (Å²) in [6.07, 6.45) is 1.25. The third kappa shape index (κ3) is 3.26. The van der Waals surface area contributed by atoms with Gasteiger partial charge < -0.3 is 4.90 Å². The Labute approximate surface area is 125 Å². The molecular formula is C14H11Cl2FN2O. The van der Waals surface area contributed by atoms with Crippen LogP contribution in [0.4, 0.5) is 4.39 Å². The normalized spacial score (nSPS) is 10.4. The number of aromatic nitrogens is 1. The summed E-state index contributed by atoms with van der Waals surface area (Å²) < 4.78 is 13.0. The third-order valence-electron chi connectivity index (χ3n) is 2.76. The fraction of sp³-hybridized carbons (Fsp3) is 0.143. The fourth-order valence-corrected chi connectivity index (χ4v) is 2.13. The van der Waals surface area contributed by atoms with E-state index in [0.717, 1.165) is 11.6 Å². The Bertz CT molecular complexity index is 649. The van der Waals surface area contributed by atoms with Crippen LogP contribution >= 0.6 is 23.2 Å². The van der Waals surface area contributed by atoms with Gasteiger partial charge >= 0.3 is 0 Å². The summed E-state index contributed by atoms with van der Waals surface area (Å²) in [4.78, 5) is 17.0. The van der Waals surface area contributed by atoms with Crippen LogP contribution in [0.2, 0.25) is 10.0 Å². The Morgan fingerprint density at radius 1 is 1.35 bits per heavy atom. The average molecular weight is 313 g/mol. The fourth-order valence-electron chi connectivity index (χ4n) is 1.75. The van der Waals surface area contributed by atoms with Crippen LogP contribution in [0.3, 0.4) is 0 Å².